The summed E-state index contributed by atoms with van der Waals surface area (Å²) in [5.74, 6) is 0.366. The van der Waals surface area contributed by atoms with Gasteiger partial charge in [0.05, 0.1) is 12.5 Å². The molecule has 0 aromatic carbocycles. The number of amides is 2. The van der Waals surface area contributed by atoms with Crippen LogP contribution in [0, 0.1) is 11.8 Å². The summed E-state index contributed by atoms with van der Waals surface area (Å²) in [6, 6.07) is -0.814. The van der Waals surface area contributed by atoms with E-state index in [0.29, 0.717) is 18.4 Å². The normalized spacial score (nSPS) is 26.2. The molecule has 0 radical (unpaired) electrons. The van der Waals surface area contributed by atoms with Crippen molar-refractivity contribution in [3.8, 4) is 0 Å². The molecular weight excluding hydrogens is 218 g/mol. The monoisotopic (exact) mass is 241 g/mol. The lowest BCUT2D eigenvalue weighted by Crippen LogP contribution is -2.45. The highest BCUT2D eigenvalue weighted by molar-refractivity contribution is 5.87. The van der Waals surface area contributed by atoms with E-state index in [9.17, 15) is 9.59 Å². The molecule has 3 unspecified atom stereocenters. The van der Waals surface area contributed by atoms with Crippen LogP contribution in [0.25, 0.3) is 0 Å². The molecule has 5 heteroatoms. The van der Waals surface area contributed by atoms with Gasteiger partial charge in [0.2, 0.25) is 11.8 Å². The Balaban J connectivity index is 2.29. The fourth-order valence-corrected chi connectivity index (χ4v) is 2.37. The quantitative estimate of drug-likeness (QED) is 0.638. The SMILES string of the molecule is CC1CCCCC1CNC(=O)C(N)CC(N)=O. The molecule has 1 aliphatic carbocycles. The lowest BCUT2D eigenvalue weighted by Gasteiger charge is -2.29. The van der Waals surface area contributed by atoms with Crippen molar-refractivity contribution in [2.24, 2.45) is 23.3 Å². The Kier molecular flexibility index (Phi) is 5.41. The average molecular weight is 241 g/mol. The van der Waals surface area contributed by atoms with Crippen molar-refractivity contribution >= 4 is 11.8 Å². The van der Waals surface area contributed by atoms with E-state index in [4.69, 9.17) is 11.5 Å². The van der Waals surface area contributed by atoms with Crippen LogP contribution in [0.5, 0.6) is 0 Å². The number of primary amides is 1. The van der Waals surface area contributed by atoms with Crippen LogP contribution < -0.4 is 16.8 Å². The van der Waals surface area contributed by atoms with E-state index in [-0.39, 0.29) is 12.3 Å². The summed E-state index contributed by atoms with van der Waals surface area (Å²) >= 11 is 0. The average Bonchev–Trinajstić information content (AvgIpc) is 2.26. The van der Waals surface area contributed by atoms with Gasteiger partial charge in [-0.2, -0.15) is 0 Å². The number of rotatable bonds is 5. The Labute approximate surface area is 102 Å². The van der Waals surface area contributed by atoms with E-state index < -0.39 is 11.9 Å². The van der Waals surface area contributed by atoms with Crippen LogP contribution in [0.4, 0.5) is 0 Å². The van der Waals surface area contributed by atoms with Gasteiger partial charge in [0.25, 0.3) is 0 Å². The van der Waals surface area contributed by atoms with Crippen LogP contribution in [0.3, 0.4) is 0 Å². The van der Waals surface area contributed by atoms with Crippen molar-refractivity contribution in [3.05, 3.63) is 0 Å². The fraction of sp³-hybridized carbons (Fsp3) is 0.833. The molecular formula is C12H23N3O2. The van der Waals surface area contributed by atoms with Crippen molar-refractivity contribution in [1.29, 1.82) is 0 Å². The number of nitrogens with one attached hydrogen (secondary N) is 1. The van der Waals surface area contributed by atoms with Gasteiger partial charge in [-0.15, -0.1) is 0 Å². The van der Waals surface area contributed by atoms with Crippen LogP contribution in [-0.4, -0.2) is 24.4 Å². The van der Waals surface area contributed by atoms with Crippen LogP contribution in [0.1, 0.15) is 39.0 Å². The summed E-state index contributed by atoms with van der Waals surface area (Å²) in [6.07, 6.45) is 4.82. The molecule has 0 spiro atoms. The maximum Gasteiger partial charge on any atom is 0.237 e. The Morgan fingerprint density at radius 1 is 1.35 bits per heavy atom. The Bertz CT molecular complexity index is 281. The predicted octanol–water partition coefficient (Wildman–Crippen LogP) is 0.132. The number of nitrogens with two attached hydrogens (primary N) is 2. The van der Waals surface area contributed by atoms with Crippen molar-refractivity contribution in [1.82, 2.24) is 5.32 Å². The van der Waals surface area contributed by atoms with Gasteiger partial charge in [0.15, 0.2) is 0 Å². The minimum atomic E-state index is -0.814. The zero-order valence-corrected chi connectivity index (χ0v) is 10.4. The van der Waals surface area contributed by atoms with E-state index in [0.717, 1.165) is 6.42 Å². The molecule has 5 nitrogen and oxygen atoms in total. The first-order valence-corrected chi connectivity index (χ1v) is 6.32. The van der Waals surface area contributed by atoms with E-state index in [2.05, 4.69) is 12.2 Å². The van der Waals surface area contributed by atoms with Gasteiger partial charge in [0, 0.05) is 6.54 Å². The number of hydrogen-bond acceptors (Lipinski definition) is 3. The molecule has 0 aliphatic heterocycles. The molecule has 98 valence electrons. The zero-order valence-electron chi connectivity index (χ0n) is 10.4. The first-order chi connectivity index (χ1) is 8.00. The Morgan fingerprint density at radius 3 is 2.59 bits per heavy atom. The largest absolute Gasteiger partial charge is 0.370 e. The molecule has 0 heterocycles. The van der Waals surface area contributed by atoms with Crippen molar-refractivity contribution in [3.63, 3.8) is 0 Å². The third-order valence-electron chi connectivity index (χ3n) is 3.59. The second-order valence-corrected chi connectivity index (χ2v) is 5.04. The minimum Gasteiger partial charge on any atom is -0.370 e. The maximum atomic E-state index is 11.6. The van der Waals surface area contributed by atoms with Gasteiger partial charge < -0.3 is 16.8 Å². The summed E-state index contributed by atoms with van der Waals surface area (Å²) in [4.78, 5) is 22.2. The standard InChI is InChI=1S/C12H23N3O2/c1-8-4-2-3-5-9(8)7-15-12(17)10(13)6-11(14)16/h8-10H,2-7,13H2,1H3,(H2,14,16)(H,15,17). The second kappa shape index (κ2) is 6.59. The smallest absolute Gasteiger partial charge is 0.237 e. The Morgan fingerprint density at radius 2 is 2.00 bits per heavy atom. The first kappa shape index (κ1) is 14.0. The minimum absolute atomic E-state index is 0.0912. The van der Waals surface area contributed by atoms with Crippen LogP contribution in [0.2, 0.25) is 0 Å². The van der Waals surface area contributed by atoms with Gasteiger partial charge >= 0.3 is 0 Å². The summed E-state index contributed by atoms with van der Waals surface area (Å²) in [6.45, 7) is 2.88. The van der Waals surface area contributed by atoms with Gasteiger partial charge in [-0.3, -0.25) is 9.59 Å². The van der Waals surface area contributed by atoms with E-state index >= 15 is 0 Å². The number of carbonyl (C=O) groups is 2. The summed E-state index contributed by atoms with van der Waals surface area (Å²) in [7, 11) is 0. The van der Waals surface area contributed by atoms with Crippen LogP contribution >= 0.6 is 0 Å². The molecule has 5 N–H and O–H groups in total. The first-order valence-electron chi connectivity index (χ1n) is 6.32. The van der Waals surface area contributed by atoms with Gasteiger partial charge in [-0.05, 0) is 18.3 Å². The summed E-state index contributed by atoms with van der Waals surface area (Å²) in [5, 5.41) is 2.82. The van der Waals surface area contributed by atoms with Crippen LogP contribution in [-0.2, 0) is 9.59 Å². The number of hydrogen-bond donors (Lipinski definition) is 3. The molecule has 0 saturated heterocycles. The van der Waals surface area contributed by atoms with Gasteiger partial charge in [0.1, 0.15) is 0 Å². The molecule has 1 saturated carbocycles. The highest BCUT2D eigenvalue weighted by Gasteiger charge is 2.23. The van der Waals surface area contributed by atoms with E-state index in [1.807, 2.05) is 0 Å². The molecule has 17 heavy (non-hydrogen) atoms. The molecule has 1 rings (SSSR count). The molecule has 0 bridgehead atoms. The zero-order chi connectivity index (χ0) is 12.8. The van der Waals surface area contributed by atoms with E-state index in [1.165, 1.54) is 19.3 Å². The third kappa shape index (κ3) is 4.73. The Hall–Kier alpha value is -1.10. The molecule has 2 amide bonds. The highest BCUT2D eigenvalue weighted by Crippen LogP contribution is 2.28. The third-order valence-corrected chi connectivity index (χ3v) is 3.59. The lowest BCUT2D eigenvalue weighted by molar-refractivity contribution is -0.126. The summed E-state index contributed by atoms with van der Waals surface area (Å²) < 4.78 is 0. The van der Waals surface area contributed by atoms with E-state index in [1.54, 1.807) is 0 Å². The molecule has 1 fully saturated rings. The molecule has 1 aliphatic rings. The van der Waals surface area contributed by atoms with Crippen LogP contribution in [0.15, 0.2) is 0 Å². The highest BCUT2D eigenvalue weighted by atomic mass is 16.2. The van der Waals surface area contributed by atoms with Crippen molar-refractivity contribution in [2.75, 3.05) is 6.54 Å². The molecule has 3 atom stereocenters. The second-order valence-electron chi connectivity index (χ2n) is 5.04. The number of carbonyl (C=O) groups excluding carboxylic acids is 2. The fourth-order valence-electron chi connectivity index (χ4n) is 2.37. The van der Waals surface area contributed by atoms with Gasteiger partial charge in [-0.1, -0.05) is 26.2 Å². The summed E-state index contributed by atoms with van der Waals surface area (Å²) in [5.41, 5.74) is 10.5. The topological polar surface area (TPSA) is 98.2 Å². The lowest BCUT2D eigenvalue weighted by atomic mass is 9.80. The van der Waals surface area contributed by atoms with Crippen molar-refractivity contribution in [2.45, 2.75) is 45.1 Å². The van der Waals surface area contributed by atoms with Gasteiger partial charge in [-0.25, -0.2) is 0 Å². The van der Waals surface area contributed by atoms with Crippen molar-refractivity contribution < 1.29 is 9.59 Å². The molecule has 0 aromatic heterocycles. The molecule has 0 aromatic rings. The predicted molar refractivity (Wildman–Crippen MR) is 65.9 cm³/mol. The maximum absolute atomic E-state index is 11.6.